The van der Waals surface area contributed by atoms with Crippen LogP contribution in [0.1, 0.15) is 30.0 Å². The van der Waals surface area contributed by atoms with Gasteiger partial charge < -0.3 is 10.1 Å². The number of carbonyl (C=O) groups excluding carboxylic acids is 2. The number of rotatable bonds is 7. The molecular weight excluding hydrogens is 400 g/mol. The topological polar surface area (TPSA) is 58.6 Å². The van der Waals surface area contributed by atoms with Crippen molar-refractivity contribution in [3.63, 3.8) is 0 Å². The summed E-state index contributed by atoms with van der Waals surface area (Å²) in [6.07, 6.45) is 0.902. The first kappa shape index (κ1) is 21.4. The molecule has 0 aromatic heterocycles. The monoisotopic (exact) mass is 426 g/mol. The highest BCUT2D eigenvalue weighted by Crippen LogP contribution is 2.36. The zero-order valence-electron chi connectivity index (χ0n) is 18.5. The summed E-state index contributed by atoms with van der Waals surface area (Å²) in [5.74, 6) is 0.0000820. The van der Waals surface area contributed by atoms with Crippen molar-refractivity contribution in [2.24, 2.45) is 0 Å². The highest BCUT2D eigenvalue weighted by molar-refractivity contribution is 6.46. The van der Waals surface area contributed by atoms with Crippen LogP contribution in [0.15, 0.2) is 78.5 Å². The first-order chi connectivity index (χ1) is 15.5. The average Bonchev–Trinajstić information content (AvgIpc) is 3.04. The van der Waals surface area contributed by atoms with Crippen molar-refractivity contribution >= 4 is 28.8 Å². The molecule has 3 aromatic rings. The maximum atomic E-state index is 13.6. The van der Waals surface area contributed by atoms with Crippen molar-refractivity contribution in [1.82, 2.24) is 0 Å². The summed E-state index contributed by atoms with van der Waals surface area (Å²) in [7, 11) is 0. The van der Waals surface area contributed by atoms with E-state index >= 15 is 0 Å². The molecule has 0 atom stereocenters. The van der Waals surface area contributed by atoms with Crippen LogP contribution in [0, 0.1) is 13.8 Å². The molecule has 1 aliphatic rings. The van der Waals surface area contributed by atoms with E-state index in [0.717, 1.165) is 17.5 Å². The summed E-state index contributed by atoms with van der Waals surface area (Å²) in [6.45, 7) is 6.55. The molecule has 0 spiro atoms. The van der Waals surface area contributed by atoms with Gasteiger partial charge in [-0.3, -0.25) is 9.59 Å². The molecule has 2 amide bonds. The number of aryl methyl sites for hydroxylation is 1. The van der Waals surface area contributed by atoms with Crippen LogP contribution in [0.25, 0.3) is 5.57 Å². The Bertz CT molecular complexity index is 1200. The standard InChI is InChI=1S/C27H26N2O3/c1-4-16-32-22-14-9-13-21(17-22)28-25-24(20-11-6-5-7-12-20)26(30)29(27(25)31)23-15-8-10-18(2)19(23)3/h5-15,17,28H,4,16H2,1-3H3. The van der Waals surface area contributed by atoms with Gasteiger partial charge in [0.1, 0.15) is 11.4 Å². The molecule has 0 saturated carbocycles. The Labute approximate surface area is 188 Å². The van der Waals surface area contributed by atoms with Crippen LogP contribution < -0.4 is 15.0 Å². The van der Waals surface area contributed by atoms with Gasteiger partial charge in [-0.25, -0.2) is 4.90 Å². The molecule has 1 N–H and O–H groups in total. The number of carbonyl (C=O) groups is 2. The lowest BCUT2D eigenvalue weighted by atomic mass is 10.0. The number of nitrogens with zero attached hydrogens (tertiary/aromatic N) is 1. The largest absolute Gasteiger partial charge is 0.494 e. The second-order valence-corrected chi connectivity index (χ2v) is 7.78. The van der Waals surface area contributed by atoms with Crippen molar-refractivity contribution in [3.05, 3.63) is 95.2 Å². The normalized spacial score (nSPS) is 13.7. The lowest BCUT2D eigenvalue weighted by Crippen LogP contribution is -2.33. The highest BCUT2D eigenvalue weighted by atomic mass is 16.5. The van der Waals surface area contributed by atoms with Crippen LogP contribution in [0.3, 0.4) is 0 Å². The molecule has 32 heavy (non-hydrogen) atoms. The fourth-order valence-electron chi connectivity index (χ4n) is 3.74. The second-order valence-electron chi connectivity index (χ2n) is 7.78. The fraction of sp³-hybridized carbons (Fsp3) is 0.185. The number of amides is 2. The Morgan fingerprint density at radius 3 is 2.38 bits per heavy atom. The van der Waals surface area contributed by atoms with E-state index in [1.165, 1.54) is 4.90 Å². The van der Waals surface area contributed by atoms with Crippen molar-refractivity contribution in [2.45, 2.75) is 27.2 Å². The van der Waals surface area contributed by atoms with E-state index in [9.17, 15) is 9.59 Å². The van der Waals surface area contributed by atoms with Crippen molar-refractivity contribution < 1.29 is 14.3 Å². The molecular formula is C27H26N2O3. The number of benzene rings is 3. The Kier molecular flexibility index (Phi) is 6.08. The lowest BCUT2D eigenvalue weighted by molar-refractivity contribution is -0.120. The van der Waals surface area contributed by atoms with Gasteiger partial charge in [-0.05, 0) is 55.2 Å². The molecule has 0 bridgehead atoms. The molecule has 3 aromatic carbocycles. The predicted octanol–water partition coefficient (Wildman–Crippen LogP) is 5.49. The molecule has 5 nitrogen and oxygen atoms in total. The summed E-state index contributed by atoms with van der Waals surface area (Å²) in [4.78, 5) is 28.4. The van der Waals surface area contributed by atoms with E-state index in [1.807, 2.05) is 93.6 Å². The third-order valence-corrected chi connectivity index (χ3v) is 5.54. The maximum Gasteiger partial charge on any atom is 0.282 e. The van der Waals surface area contributed by atoms with Gasteiger partial charge in [0, 0.05) is 11.8 Å². The molecule has 5 heteroatoms. The van der Waals surface area contributed by atoms with Crippen LogP contribution in [0.2, 0.25) is 0 Å². The highest BCUT2D eigenvalue weighted by Gasteiger charge is 2.40. The van der Waals surface area contributed by atoms with Crippen LogP contribution in [0.4, 0.5) is 11.4 Å². The molecule has 0 fully saturated rings. The predicted molar refractivity (Wildman–Crippen MR) is 128 cm³/mol. The van der Waals surface area contributed by atoms with Gasteiger partial charge in [-0.2, -0.15) is 0 Å². The number of hydrogen-bond donors (Lipinski definition) is 1. The molecule has 4 rings (SSSR count). The lowest BCUT2D eigenvalue weighted by Gasteiger charge is -2.19. The van der Waals surface area contributed by atoms with Gasteiger partial charge in [-0.15, -0.1) is 0 Å². The zero-order valence-corrected chi connectivity index (χ0v) is 18.5. The van der Waals surface area contributed by atoms with E-state index in [2.05, 4.69) is 5.32 Å². The SMILES string of the molecule is CCCOc1cccc(NC2=C(c3ccccc3)C(=O)N(c3cccc(C)c3C)C2=O)c1. The van der Waals surface area contributed by atoms with Crippen molar-refractivity contribution in [1.29, 1.82) is 0 Å². The molecule has 0 unspecified atom stereocenters. The summed E-state index contributed by atoms with van der Waals surface area (Å²) in [6, 6.07) is 22.3. The Morgan fingerprint density at radius 1 is 0.875 bits per heavy atom. The van der Waals surface area contributed by atoms with E-state index in [0.29, 0.717) is 34.9 Å². The van der Waals surface area contributed by atoms with E-state index in [-0.39, 0.29) is 17.5 Å². The molecule has 1 heterocycles. The van der Waals surface area contributed by atoms with Crippen molar-refractivity contribution in [3.8, 4) is 5.75 Å². The Morgan fingerprint density at radius 2 is 1.62 bits per heavy atom. The van der Waals surface area contributed by atoms with Crippen LogP contribution in [0.5, 0.6) is 5.75 Å². The number of ether oxygens (including phenoxy) is 1. The summed E-state index contributed by atoms with van der Waals surface area (Å²) >= 11 is 0. The van der Waals surface area contributed by atoms with Gasteiger partial charge >= 0.3 is 0 Å². The summed E-state index contributed by atoms with van der Waals surface area (Å²) in [5, 5.41) is 3.21. The quantitative estimate of drug-likeness (QED) is 0.508. The average molecular weight is 427 g/mol. The number of nitrogens with one attached hydrogen (secondary N) is 1. The van der Waals surface area contributed by atoms with Gasteiger partial charge in [-0.1, -0.05) is 55.5 Å². The van der Waals surface area contributed by atoms with Crippen molar-refractivity contribution in [2.75, 3.05) is 16.8 Å². The summed E-state index contributed by atoms with van der Waals surface area (Å²) < 4.78 is 5.72. The van der Waals surface area contributed by atoms with E-state index in [4.69, 9.17) is 4.74 Å². The maximum absolute atomic E-state index is 13.6. The van der Waals surface area contributed by atoms with Gasteiger partial charge in [0.2, 0.25) is 0 Å². The minimum Gasteiger partial charge on any atom is -0.494 e. The minimum atomic E-state index is -0.373. The number of hydrogen-bond acceptors (Lipinski definition) is 4. The molecule has 0 aliphatic carbocycles. The Balaban J connectivity index is 1.78. The first-order valence-corrected chi connectivity index (χ1v) is 10.8. The molecule has 0 saturated heterocycles. The zero-order chi connectivity index (χ0) is 22.7. The Hall–Kier alpha value is -3.86. The van der Waals surface area contributed by atoms with Gasteiger partial charge in [0.15, 0.2) is 0 Å². The molecule has 1 aliphatic heterocycles. The van der Waals surface area contributed by atoms with Crippen LogP contribution in [-0.2, 0) is 9.59 Å². The third kappa shape index (κ3) is 4.02. The minimum absolute atomic E-state index is 0.259. The van der Waals surface area contributed by atoms with Crippen LogP contribution in [-0.4, -0.2) is 18.4 Å². The number of imide groups is 1. The van der Waals surface area contributed by atoms with E-state index in [1.54, 1.807) is 0 Å². The smallest absolute Gasteiger partial charge is 0.282 e. The van der Waals surface area contributed by atoms with Gasteiger partial charge in [0.25, 0.3) is 11.8 Å². The number of anilines is 2. The fourth-order valence-corrected chi connectivity index (χ4v) is 3.74. The third-order valence-electron chi connectivity index (χ3n) is 5.54. The summed E-state index contributed by atoms with van der Waals surface area (Å²) in [5.41, 5.74) is 4.52. The second kappa shape index (κ2) is 9.10. The molecule has 0 radical (unpaired) electrons. The van der Waals surface area contributed by atoms with Crippen LogP contribution >= 0.6 is 0 Å². The van der Waals surface area contributed by atoms with E-state index < -0.39 is 0 Å². The first-order valence-electron chi connectivity index (χ1n) is 10.8. The molecule has 162 valence electrons. The van der Waals surface area contributed by atoms with Gasteiger partial charge in [0.05, 0.1) is 17.9 Å².